The van der Waals surface area contributed by atoms with Crippen LogP contribution in [0.15, 0.2) is 36.4 Å². The van der Waals surface area contributed by atoms with E-state index in [0.717, 1.165) is 11.3 Å². The summed E-state index contributed by atoms with van der Waals surface area (Å²) in [5.41, 5.74) is 2.41. The average Bonchev–Trinajstić information content (AvgIpc) is 3.13. The minimum Gasteiger partial charge on any atom is -0.367 e. The van der Waals surface area contributed by atoms with E-state index in [2.05, 4.69) is 15.7 Å². The van der Waals surface area contributed by atoms with Gasteiger partial charge in [-0.3, -0.25) is 14.3 Å². The van der Waals surface area contributed by atoms with E-state index in [1.54, 1.807) is 10.7 Å². The van der Waals surface area contributed by atoms with Gasteiger partial charge in [-0.25, -0.2) is 0 Å². The second-order valence-electron chi connectivity index (χ2n) is 6.78. The summed E-state index contributed by atoms with van der Waals surface area (Å²) in [6.07, 6.45) is 0.659. The number of aromatic nitrogens is 2. The Labute approximate surface area is 152 Å². The maximum atomic E-state index is 12.0. The summed E-state index contributed by atoms with van der Waals surface area (Å²) in [5, 5.41) is 10.1. The molecule has 7 nitrogen and oxygen atoms in total. The zero-order valence-electron chi connectivity index (χ0n) is 15.1. The first-order valence-corrected chi connectivity index (χ1v) is 8.80. The van der Waals surface area contributed by atoms with Crippen LogP contribution in [0.5, 0.6) is 0 Å². The Morgan fingerprint density at radius 3 is 2.77 bits per heavy atom. The molecule has 0 unspecified atom stereocenters. The van der Waals surface area contributed by atoms with Crippen LogP contribution in [0, 0.1) is 0 Å². The fourth-order valence-corrected chi connectivity index (χ4v) is 2.95. The standard InChI is InChI=1S/C19H24N4O3/c1-13(2)20-19(25)17-9-16-8-15(10-23(16)22-17)21-18(24)12-26-11-14-6-4-3-5-7-14/h3-7,9,13,15H,8,10-12H2,1-2H3,(H,20,25)(H,21,24)/t15-/m0/s1. The van der Waals surface area contributed by atoms with Crippen LogP contribution in [-0.2, 0) is 29.1 Å². The SMILES string of the molecule is CC(C)NC(=O)c1cc2n(n1)C[C@@H](NC(=O)COCc1ccccc1)C2. The molecule has 1 aromatic heterocycles. The third-order valence-electron chi connectivity index (χ3n) is 4.07. The fraction of sp³-hybridized carbons (Fsp3) is 0.421. The number of hydrogen-bond donors (Lipinski definition) is 2. The minimum absolute atomic E-state index is 0.0208. The molecule has 2 N–H and O–H groups in total. The molecule has 1 aliphatic rings. The van der Waals surface area contributed by atoms with Crippen molar-refractivity contribution in [3.05, 3.63) is 53.3 Å². The summed E-state index contributed by atoms with van der Waals surface area (Å²) in [5.74, 6) is -0.314. The monoisotopic (exact) mass is 356 g/mol. The van der Waals surface area contributed by atoms with Gasteiger partial charge >= 0.3 is 0 Å². The molecule has 0 bridgehead atoms. The number of benzene rings is 1. The summed E-state index contributed by atoms with van der Waals surface area (Å²) in [6, 6.07) is 11.6. The number of nitrogens with zero attached hydrogens (tertiary/aromatic N) is 2. The van der Waals surface area contributed by atoms with Gasteiger partial charge in [-0.1, -0.05) is 30.3 Å². The zero-order chi connectivity index (χ0) is 18.5. The van der Waals surface area contributed by atoms with E-state index in [1.165, 1.54) is 0 Å². The molecule has 1 aromatic carbocycles. The van der Waals surface area contributed by atoms with Gasteiger partial charge in [0.05, 0.1) is 19.2 Å². The molecule has 2 heterocycles. The lowest BCUT2D eigenvalue weighted by Gasteiger charge is -2.12. The normalized spacial score (nSPS) is 15.7. The van der Waals surface area contributed by atoms with E-state index in [4.69, 9.17) is 4.74 Å². The Morgan fingerprint density at radius 1 is 1.31 bits per heavy atom. The van der Waals surface area contributed by atoms with Crippen LogP contribution < -0.4 is 10.6 Å². The van der Waals surface area contributed by atoms with Gasteiger partial charge in [0.2, 0.25) is 5.91 Å². The molecule has 138 valence electrons. The van der Waals surface area contributed by atoms with E-state index in [-0.39, 0.29) is 30.5 Å². The highest BCUT2D eigenvalue weighted by Gasteiger charge is 2.26. The maximum Gasteiger partial charge on any atom is 0.271 e. The fourth-order valence-electron chi connectivity index (χ4n) is 2.95. The number of carbonyl (C=O) groups is 2. The molecule has 0 spiro atoms. The van der Waals surface area contributed by atoms with Crippen molar-refractivity contribution in [2.24, 2.45) is 0 Å². The van der Waals surface area contributed by atoms with Crippen molar-refractivity contribution in [1.29, 1.82) is 0 Å². The van der Waals surface area contributed by atoms with E-state index in [1.807, 2.05) is 44.2 Å². The highest BCUT2D eigenvalue weighted by molar-refractivity contribution is 5.92. The zero-order valence-corrected chi connectivity index (χ0v) is 15.1. The highest BCUT2D eigenvalue weighted by atomic mass is 16.5. The van der Waals surface area contributed by atoms with Crippen LogP contribution >= 0.6 is 0 Å². The van der Waals surface area contributed by atoms with Crippen LogP contribution in [0.1, 0.15) is 35.6 Å². The number of amides is 2. The third kappa shape index (κ3) is 4.70. The van der Waals surface area contributed by atoms with E-state index in [9.17, 15) is 9.59 Å². The van der Waals surface area contributed by atoms with Gasteiger partial charge in [-0.15, -0.1) is 0 Å². The molecule has 0 fully saturated rings. The van der Waals surface area contributed by atoms with E-state index in [0.29, 0.717) is 25.3 Å². The number of hydrogen-bond acceptors (Lipinski definition) is 4. The maximum absolute atomic E-state index is 12.0. The number of rotatable bonds is 7. The summed E-state index contributed by atoms with van der Waals surface area (Å²) >= 11 is 0. The molecule has 2 aromatic rings. The molecule has 0 saturated carbocycles. The summed E-state index contributed by atoms with van der Waals surface area (Å²) < 4.78 is 7.23. The number of nitrogens with one attached hydrogen (secondary N) is 2. The molecule has 3 rings (SSSR count). The molecule has 0 radical (unpaired) electrons. The summed E-state index contributed by atoms with van der Waals surface area (Å²) in [4.78, 5) is 24.0. The van der Waals surface area contributed by atoms with Crippen molar-refractivity contribution in [1.82, 2.24) is 20.4 Å². The molecule has 26 heavy (non-hydrogen) atoms. The lowest BCUT2D eigenvalue weighted by molar-refractivity contribution is -0.126. The second-order valence-corrected chi connectivity index (χ2v) is 6.78. The molecule has 2 amide bonds. The Kier molecular flexibility index (Phi) is 5.68. The van der Waals surface area contributed by atoms with Crippen LogP contribution in [0.2, 0.25) is 0 Å². The van der Waals surface area contributed by atoms with Crippen molar-refractivity contribution in [2.45, 2.75) is 45.5 Å². The quantitative estimate of drug-likeness (QED) is 0.783. The van der Waals surface area contributed by atoms with Gasteiger partial charge < -0.3 is 15.4 Å². The Morgan fingerprint density at radius 2 is 2.08 bits per heavy atom. The van der Waals surface area contributed by atoms with E-state index < -0.39 is 0 Å². The number of ether oxygens (including phenoxy) is 1. The Hall–Kier alpha value is -2.67. The van der Waals surface area contributed by atoms with Crippen LogP contribution in [0.25, 0.3) is 0 Å². The first-order valence-electron chi connectivity index (χ1n) is 8.80. The minimum atomic E-state index is -0.170. The van der Waals surface area contributed by atoms with Gasteiger partial charge in [-0.2, -0.15) is 5.10 Å². The van der Waals surface area contributed by atoms with Gasteiger partial charge in [0.1, 0.15) is 12.3 Å². The van der Waals surface area contributed by atoms with Gasteiger partial charge in [-0.05, 0) is 25.5 Å². The van der Waals surface area contributed by atoms with Gasteiger partial charge in [0, 0.05) is 18.2 Å². The molecular weight excluding hydrogens is 332 g/mol. The van der Waals surface area contributed by atoms with E-state index >= 15 is 0 Å². The molecule has 0 aliphatic carbocycles. The lowest BCUT2D eigenvalue weighted by atomic mass is 10.2. The third-order valence-corrected chi connectivity index (χ3v) is 4.07. The predicted octanol–water partition coefficient (Wildman–Crippen LogP) is 1.28. The smallest absolute Gasteiger partial charge is 0.271 e. The van der Waals surface area contributed by atoms with Crippen LogP contribution in [0.4, 0.5) is 0 Å². The largest absolute Gasteiger partial charge is 0.367 e. The second kappa shape index (κ2) is 8.14. The number of fused-ring (bicyclic) bond motifs is 1. The van der Waals surface area contributed by atoms with Crippen molar-refractivity contribution in [3.8, 4) is 0 Å². The topological polar surface area (TPSA) is 85.3 Å². The van der Waals surface area contributed by atoms with Crippen LogP contribution in [-0.4, -0.2) is 40.3 Å². The van der Waals surface area contributed by atoms with Crippen molar-refractivity contribution >= 4 is 11.8 Å². The van der Waals surface area contributed by atoms with Crippen molar-refractivity contribution in [2.75, 3.05) is 6.61 Å². The predicted molar refractivity (Wildman–Crippen MR) is 96.6 cm³/mol. The first-order chi connectivity index (χ1) is 12.5. The highest BCUT2D eigenvalue weighted by Crippen LogP contribution is 2.16. The van der Waals surface area contributed by atoms with Crippen LogP contribution in [0.3, 0.4) is 0 Å². The first kappa shape index (κ1) is 18.1. The summed E-state index contributed by atoms with van der Waals surface area (Å²) in [6.45, 7) is 4.82. The molecule has 1 atom stereocenters. The van der Waals surface area contributed by atoms with Crippen molar-refractivity contribution < 1.29 is 14.3 Å². The van der Waals surface area contributed by atoms with Gasteiger partial charge in [0.15, 0.2) is 0 Å². The molecule has 7 heteroatoms. The van der Waals surface area contributed by atoms with Gasteiger partial charge in [0.25, 0.3) is 5.91 Å². The average molecular weight is 356 g/mol. The Bertz CT molecular complexity index is 747. The number of carbonyl (C=O) groups excluding carboxylic acids is 2. The lowest BCUT2D eigenvalue weighted by Crippen LogP contribution is -2.38. The molecule has 0 saturated heterocycles. The molecular formula is C19H24N4O3. The van der Waals surface area contributed by atoms with Crippen molar-refractivity contribution in [3.63, 3.8) is 0 Å². The Balaban J connectivity index is 1.43. The summed E-state index contributed by atoms with van der Waals surface area (Å²) in [7, 11) is 0. The molecule has 1 aliphatic heterocycles.